The fraction of sp³-hybridized carbons (Fsp3) is 0.458. The number of benzene rings is 1. The van der Waals surface area contributed by atoms with Crippen LogP contribution in [0.15, 0.2) is 54.9 Å². The molecular weight excluding hydrogens is 390 g/mol. The lowest BCUT2D eigenvalue weighted by molar-refractivity contribution is -0.123. The van der Waals surface area contributed by atoms with Crippen molar-refractivity contribution < 1.29 is 9.59 Å². The van der Waals surface area contributed by atoms with Gasteiger partial charge in [0, 0.05) is 63.1 Å². The van der Waals surface area contributed by atoms with Crippen LogP contribution in [0.25, 0.3) is 0 Å². The minimum Gasteiger partial charge on any atom is -0.350 e. The molecule has 3 amide bonds. The molecule has 0 saturated carbocycles. The molecule has 5 rings (SSSR count). The molecule has 3 fully saturated rings. The summed E-state index contributed by atoms with van der Waals surface area (Å²) in [5.74, 6) is 0.544. The number of nitrogens with zero attached hydrogens (tertiary/aromatic N) is 3. The first-order chi connectivity index (χ1) is 15.1. The predicted octanol–water partition coefficient (Wildman–Crippen LogP) is 2.00. The molecule has 31 heavy (non-hydrogen) atoms. The van der Waals surface area contributed by atoms with Gasteiger partial charge in [-0.15, -0.1) is 0 Å². The average Bonchev–Trinajstić information content (AvgIpc) is 3.33. The number of carbonyl (C=O) groups is 2. The minimum atomic E-state index is -0.179. The van der Waals surface area contributed by atoms with Crippen molar-refractivity contribution in [1.82, 2.24) is 25.4 Å². The van der Waals surface area contributed by atoms with E-state index in [1.54, 1.807) is 6.20 Å². The Bertz CT molecular complexity index is 928. The lowest BCUT2D eigenvalue weighted by Crippen LogP contribution is -2.57. The Kier molecular flexibility index (Phi) is 5.36. The number of hydrogen-bond donors (Lipinski definition) is 2. The van der Waals surface area contributed by atoms with E-state index in [0.29, 0.717) is 25.6 Å². The first-order valence-corrected chi connectivity index (χ1v) is 11.1. The molecular formula is C24H29N5O2. The summed E-state index contributed by atoms with van der Waals surface area (Å²) in [4.78, 5) is 33.9. The van der Waals surface area contributed by atoms with Crippen LogP contribution in [0, 0.1) is 11.8 Å². The van der Waals surface area contributed by atoms with Gasteiger partial charge in [0.15, 0.2) is 0 Å². The summed E-state index contributed by atoms with van der Waals surface area (Å²) >= 11 is 0. The van der Waals surface area contributed by atoms with Gasteiger partial charge in [0.2, 0.25) is 5.91 Å². The van der Waals surface area contributed by atoms with Crippen LogP contribution in [0.2, 0.25) is 0 Å². The first-order valence-electron chi connectivity index (χ1n) is 11.1. The number of hydrogen-bond acceptors (Lipinski definition) is 4. The van der Waals surface area contributed by atoms with Gasteiger partial charge in [-0.25, -0.2) is 4.79 Å². The summed E-state index contributed by atoms with van der Waals surface area (Å²) in [5.41, 5.74) is 2.10. The minimum absolute atomic E-state index is 0.0239. The van der Waals surface area contributed by atoms with Gasteiger partial charge in [0.05, 0.1) is 5.92 Å². The standard InChI is InChI=1S/C24H29N5O2/c30-22-20-16-28(15-19-7-4-10-25-13-19)17-21(20)24(27-22)8-11-29(12-9-24)23(31)26-14-18-5-2-1-3-6-18/h1-7,10,13,20-21H,8-9,11-12,14-17H2,(H,26,31)(H,27,30)/t20-,21+/m0/s1. The number of likely N-dealkylation sites (tertiary alicyclic amines) is 2. The molecule has 0 radical (unpaired) electrons. The van der Waals surface area contributed by atoms with Crippen LogP contribution in [-0.2, 0) is 17.9 Å². The maximum Gasteiger partial charge on any atom is 0.317 e. The summed E-state index contributed by atoms with van der Waals surface area (Å²) < 4.78 is 0. The van der Waals surface area contributed by atoms with Crippen molar-refractivity contribution >= 4 is 11.9 Å². The van der Waals surface area contributed by atoms with Crippen LogP contribution in [0.1, 0.15) is 24.0 Å². The van der Waals surface area contributed by atoms with Crippen LogP contribution < -0.4 is 10.6 Å². The van der Waals surface area contributed by atoms with Gasteiger partial charge in [-0.3, -0.25) is 14.7 Å². The zero-order valence-corrected chi connectivity index (χ0v) is 17.7. The highest BCUT2D eigenvalue weighted by Crippen LogP contribution is 2.44. The van der Waals surface area contributed by atoms with E-state index >= 15 is 0 Å². The topological polar surface area (TPSA) is 77.6 Å². The number of urea groups is 1. The Hall–Kier alpha value is -2.93. The molecule has 162 valence electrons. The maximum atomic E-state index is 12.8. The van der Waals surface area contributed by atoms with E-state index in [9.17, 15) is 9.59 Å². The molecule has 0 unspecified atom stereocenters. The normalized spacial score (nSPS) is 24.8. The van der Waals surface area contributed by atoms with Crippen LogP contribution in [0.4, 0.5) is 4.79 Å². The Morgan fingerprint density at radius 2 is 1.87 bits per heavy atom. The molecule has 1 aromatic carbocycles. The second-order valence-corrected chi connectivity index (χ2v) is 9.05. The van der Waals surface area contributed by atoms with Crippen molar-refractivity contribution in [2.75, 3.05) is 26.2 Å². The first kappa shape index (κ1) is 20.0. The molecule has 4 heterocycles. The molecule has 1 spiro atoms. The van der Waals surface area contributed by atoms with Gasteiger partial charge in [-0.1, -0.05) is 36.4 Å². The van der Waals surface area contributed by atoms with Gasteiger partial charge >= 0.3 is 6.03 Å². The summed E-state index contributed by atoms with van der Waals surface area (Å²) in [6.07, 6.45) is 5.32. The molecule has 7 heteroatoms. The molecule has 2 atom stereocenters. The van der Waals surface area contributed by atoms with Crippen molar-refractivity contribution in [2.45, 2.75) is 31.5 Å². The van der Waals surface area contributed by atoms with Crippen LogP contribution in [0.5, 0.6) is 0 Å². The Morgan fingerprint density at radius 1 is 1.10 bits per heavy atom. The third-order valence-corrected chi connectivity index (χ3v) is 7.17. The smallest absolute Gasteiger partial charge is 0.317 e. The largest absolute Gasteiger partial charge is 0.350 e. The van der Waals surface area contributed by atoms with Crippen LogP contribution >= 0.6 is 0 Å². The lowest BCUT2D eigenvalue weighted by Gasteiger charge is -2.42. The molecule has 0 aliphatic carbocycles. The Morgan fingerprint density at radius 3 is 2.61 bits per heavy atom. The number of aromatic nitrogens is 1. The lowest BCUT2D eigenvalue weighted by atomic mass is 9.75. The number of piperidine rings is 1. The van der Waals surface area contributed by atoms with Crippen LogP contribution in [0.3, 0.4) is 0 Å². The second-order valence-electron chi connectivity index (χ2n) is 9.05. The Labute approximate surface area is 182 Å². The third kappa shape index (κ3) is 4.02. The monoisotopic (exact) mass is 419 g/mol. The molecule has 2 aromatic rings. The number of pyridine rings is 1. The fourth-order valence-corrected chi connectivity index (χ4v) is 5.51. The maximum absolute atomic E-state index is 12.8. The molecule has 0 bridgehead atoms. The zero-order chi connectivity index (χ0) is 21.3. The van der Waals surface area contributed by atoms with Gasteiger partial charge in [-0.2, -0.15) is 0 Å². The molecule has 1 aromatic heterocycles. The van der Waals surface area contributed by atoms with Gasteiger partial charge in [-0.05, 0) is 30.0 Å². The molecule has 3 aliphatic rings. The average molecular weight is 420 g/mol. The van der Waals surface area contributed by atoms with Crippen molar-refractivity contribution in [2.24, 2.45) is 11.8 Å². The highest BCUT2D eigenvalue weighted by molar-refractivity contribution is 5.84. The third-order valence-electron chi connectivity index (χ3n) is 7.17. The SMILES string of the molecule is O=C1NC2(CCN(C(=O)NCc3ccccc3)CC2)[C@@H]2CN(Cc3cccnc3)C[C@H]12. The van der Waals surface area contributed by atoms with Gasteiger partial charge < -0.3 is 15.5 Å². The summed E-state index contributed by atoms with van der Waals surface area (Å²) in [7, 11) is 0. The summed E-state index contributed by atoms with van der Waals surface area (Å²) in [6.45, 7) is 4.43. The predicted molar refractivity (Wildman–Crippen MR) is 117 cm³/mol. The van der Waals surface area contributed by atoms with Crippen molar-refractivity contribution in [3.05, 3.63) is 66.0 Å². The van der Waals surface area contributed by atoms with Crippen LogP contribution in [-0.4, -0.2) is 58.4 Å². The van der Waals surface area contributed by atoms with E-state index in [2.05, 4.69) is 26.6 Å². The van der Waals surface area contributed by atoms with Crippen molar-refractivity contribution in [1.29, 1.82) is 0 Å². The van der Waals surface area contributed by atoms with E-state index in [4.69, 9.17) is 0 Å². The molecule has 3 saturated heterocycles. The van der Waals surface area contributed by atoms with E-state index in [0.717, 1.165) is 38.0 Å². The number of amides is 3. The molecule has 7 nitrogen and oxygen atoms in total. The highest BCUT2D eigenvalue weighted by atomic mass is 16.2. The number of rotatable bonds is 4. The van der Waals surface area contributed by atoms with E-state index in [-0.39, 0.29) is 23.4 Å². The second kappa shape index (κ2) is 8.30. The summed E-state index contributed by atoms with van der Waals surface area (Å²) in [5, 5.41) is 6.36. The highest BCUT2D eigenvalue weighted by Gasteiger charge is 2.57. The van der Waals surface area contributed by atoms with Crippen molar-refractivity contribution in [3.63, 3.8) is 0 Å². The fourth-order valence-electron chi connectivity index (χ4n) is 5.51. The van der Waals surface area contributed by atoms with Gasteiger partial charge in [0.25, 0.3) is 0 Å². The number of nitrogens with one attached hydrogen (secondary N) is 2. The molecule has 2 N–H and O–H groups in total. The summed E-state index contributed by atoms with van der Waals surface area (Å²) in [6, 6.07) is 14.0. The number of fused-ring (bicyclic) bond motifs is 2. The van der Waals surface area contributed by atoms with Gasteiger partial charge in [0.1, 0.15) is 0 Å². The molecule has 3 aliphatic heterocycles. The zero-order valence-electron chi connectivity index (χ0n) is 17.7. The Balaban J connectivity index is 1.18. The van der Waals surface area contributed by atoms with E-state index in [1.165, 1.54) is 5.56 Å². The van der Waals surface area contributed by atoms with E-state index in [1.807, 2.05) is 47.5 Å². The number of carbonyl (C=O) groups excluding carboxylic acids is 2. The van der Waals surface area contributed by atoms with E-state index < -0.39 is 0 Å². The quantitative estimate of drug-likeness (QED) is 0.795. The van der Waals surface area contributed by atoms with Crippen molar-refractivity contribution in [3.8, 4) is 0 Å².